The van der Waals surface area contributed by atoms with Crippen molar-refractivity contribution in [1.29, 1.82) is 0 Å². The second-order valence-corrected chi connectivity index (χ2v) is 7.64. The maximum atomic E-state index is 2.55. The molecule has 0 aliphatic heterocycles. The van der Waals surface area contributed by atoms with Crippen LogP contribution in [0.25, 0.3) is 0 Å². The van der Waals surface area contributed by atoms with Gasteiger partial charge in [-0.05, 0) is 51.6 Å². The molecular formula is C23H45N. The van der Waals surface area contributed by atoms with E-state index in [-0.39, 0.29) is 0 Å². The molecule has 0 saturated heterocycles. The summed E-state index contributed by atoms with van der Waals surface area (Å²) in [6, 6.07) is 0. The molecule has 24 heavy (non-hydrogen) atoms. The zero-order valence-electron chi connectivity index (χ0n) is 17.6. The van der Waals surface area contributed by atoms with Crippen molar-refractivity contribution >= 4 is 0 Å². The van der Waals surface area contributed by atoms with Gasteiger partial charge >= 0.3 is 0 Å². The molecule has 0 N–H and O–H groups in total. The third kappa shape index (κ3) is 12.8. The molecule has 142 valence electrons. The Morgan fingerprint density at radius 3 is 2.29 bits per heavy atom. The molecule has 0 amide bonds. The standard InChI is InChI=1S/C23H45N/c1-7-11-12-13-14-18-24(6)20-23(10-4)19-22(9-3)17-16-21(5)15-8-2/h9,16-17,21,23H,7-8,10-15,18-20H2,1-6H3/b17-16-,22-9+/t21?,23-/m0/s1. The summed E-state index contributed by atoms with van der Waals surface area (Å²) in [4.78, 5) is 2.55. The van der Waals surface area contributed by atoms with E-state index in [1.807, 2.05) is 0 Å². The summed E-state index contributed by atoms with van der Waals surface area (Å²) in [5, 5.41) is 0. The summed E-state index contributed by atoms with van der Waals surface area (Å²) >= 11 is 0. The fourth-order valence-electron chi connectivity index (χ4n) is 3.31. The molecular weight excluding hydrogens is 290 g/mol. The van der Waals surface area contributed by atoms with Crippen molar-refractivity contribution in [2.75, 3.05) is 20.1 Å². The van der Waals surface area contributed by atoms with Crippen LogP contribution < -0.4 is 0 Å². The van der Waals surface area contributed by atoms with E-state index < -0.39 is 0 Å². The molecule has 2 atom stereocenters. The number of rotatable bonds is 15. The zero-order chi connectivity index (χ0) is 18.2. The van der Waals surface area contributed by atoms with Crippen LogP contribution >= 0.6 is 0 Å². The first-order valence-electron chi connectivity index (χ1n) is 10.6. The van der Waals surface area contributed by atoms with Crippen LogP contribution in [0.2, 0.25) is 0 Å². The Morgan fingerprint density at radius 2 is 1.71 bits per heavy atom. The van der Waals surface area contributed by atoms with Gasteiger partial charge in [0.2, 0.25) is 0 Å². The van der Waals surface area contributed by atoms with Crippen LogP contribution in [-0.2, 0) is 0 Å². The van der Waals surface area contributed by atoms with Crippen molar-refractivity contribution in [3.8, 4) is 0 Å². The van der Waals surface area contributed by atoms with Crippen LogP contribution in [0, 0.1) is 11.8 Å². The van der Waals surface area contributed by atoms with Crippen molar-refractivity contribution in [2.24, 2.45) is 11.8 Å². The topological polar surface area (TPSA) is 3.24 Å². The molecule has 0 aromatic carbocycles. The first-order chi connectivity index (χ1) is 11.6. The Kier molecular flexibility index (Phi) is 15.6. The fraction of sp³-hybridized carbons (Fsp3) is 0.826. The van der Waals surface area contributed by atoms with Crippen molar-refractivity contribution in [3.63, 3.8) is 0 Å². The van der Waals surface area contributed by atoms with Gasteiger partial charge in [-0.2, -0.15) is 0 Å². The zero-order valence-corrected chi connectivity index (χ0v) is 17.6. The highest BCUT2D eigenvalue weighted by Gasteiger charge is 2.11. The van der Waals surface area contributed by atoms with E-state index in [0.717, 1.165) is 5.92 Å². The van der Waals surface area contributed by atoms with Crippen LogP contribution in [0.5, 0.6) is 0 Å². The summed E-state index contributed by atoms with van der Waals surface area (Å²) in [6.45, 7) is 13.9. The molecule has 0 aromatic heterocycles. The Morgan fingerprint density at radius 1 is 1.00 bits per heavy atom. The molecule has 0 aliphatic carbocycles. The Bertz CT molecular complexity index is 329. The second-order valence-electron chi connectivity index (χ2n) is 7.64. The van der Waals surface area contributed by atoms with Gasteiger partial charge < -0.3 is 4.90 Å². The second kappa shape index (κ2) is 15.9. The molecule has 0 aromatic rings. The first-order valence-corrected chi connectivity index (χ1v) is 10.6. The Balaban J connectivity index is 4.21. The summed E-state index contributed by atoms with van der Waals surface area (Å²) < 4.78 is 0. The van der Waals surface area contributed by atoms with Gasteiger partial charge in [-0.1, -0.05) is 90.0 Å². The summed E-state index contributed by atoms with van der Waals surface area (Å²) in [7, 11) is 2.30. The van der Waals surface area contributed by atoms with Crippen LogP contribution in [0.3, 0.4) is 0 Å². The number of unbranched alkanes of at least 4 members (excludes halogenated alkanes) is 4. The lowest BCUT2D eigenvalue weighted by atomic mass is 9.94. The van der Waals surface area contributed by atoms with Gasteiger partial charge in [-0.3, -0.25) is 0 Å². The van der Waals surface area contributed by atoms with E-state index in [1.54, 1.807) is 0 Å². The lowest BCUT2D eigenvalue weighted by molar-refractivity contribution is 0.265. The third-order valence-corrected chi connectivity index (χ3v) is 5.07. The van der Waals surface area contributed by atoms with E-state index in [1.165, 1.54) is 76.5 Å². The van der Waals surface area contributed by atoms with Crippen molar-refractivity contribution < 1.29 is 0 Å². The minimum absolute atomic E-state index is 0.704. The molecule has 1 nitrogen and oxygen atoms in total. The number of hydrogen-bond donors (Lipinski definition) is 0. The average Bonchev–Trinajstić information content (AvgIpc) is 2.57. The monoisotopic (exact) mass is 335 g/mol. The molecule has 1 unspecified atom stereocenters. The van der Waals surface area contributed by atoms with Gasteiger partial charge in [-0.25, -0.2) is 0 Å². The summed E-state index contributed by atoms with van der Waals surface area (Å²) in [6.07, 6.45) is 19.1. The van der Waals surface area contributed by atoms with Gasteiger partial charge in [0.25, 0.3) is 0 Å². The largest absolute Gasteiger partial charge is 0.306 e. The lowest BCUT2D eigenvalue weighted by Crippen LogP contribution is -2.26. The van der Waals surface area contributed by atoms with E-state index >= 15 is 0 Å². The predicted octanol–water partition coefficient (Wildman–Crippen LogP) is 7.24. The summed E-state index contributed by atoms with van der Waals surface area (Å²) in [5.74, 6) is 1.48. The van der Waals surface area contributed by atoms with Gasteiger partial charge in [0.05, 0.1) is 0 Å². The molecule has 0 spiro atoms. The van der Waals surface area contributed by atoms with Crippen LogP contribution in [0.15, 0.2) is 23.8 Å². The van der Waals surface area contributed by atoms with Gasteiger partial charge in [0, 0.05) is 6.54 Å². The molecule has 0 radical (unpaired) electrons. The van der Waals surface area contributed by atoms with E-state index in [9.17, 15) is 0 Å². The van der Waals surface area contributed by atoms with Gasteiger partial charge in [0.1, 0.15) is 0 Å². The molecule has 0 rings (SSSR count). The lowest BCUT2D eigenvalue weighted by Gasteiger charge is -2.23. The van der Waals surface area contributed by atoms with Crippen molar-refractivity contribution in [1.82, 2.24) is 4.90 Å². The minimum Gasteiger partial charge on any atom is -0.306 e. The molecule has 0 bridgehead atoms. The van der Waals surface area contributed by atoms with E-state index in [0.29, 0.717) is 5.92 Å². The highest BCUT2D eigenvalue weighted by molar-refractivity contribution is 5.19. The highest BCUT2D eigenvalue weighted by atomic mass is 15.1. The molecule has 1 heteroatoms. The fourth-order valence-corrected chi connectivity index (χ4v) is 3.31. The van der Waals surface area contributed by atoms with Crippen molar-refractivity contribution in [3.05, 3.63) is 23.8 Å². The molecule has 0 saturated carbocycles. The van der Waals surface area contributed by atoms with Crippen LogP contribution in [0.4, 0.5) is 0 Å². The minimum atomic E-state index is 0.704. The summed E-state index contributed by atoms with van der Waals surface area (Å²) in [5.41, 5.74) is 1.51. The average molecular weight is 336 g/mol. The van der Waals surface area contributed by atoms with Gasteiger partial charge in [-0.15, -0.1) is 0 Å². The molecule has 0 fully saturated rings. The third-order valence-electron chi connectivity index (χ3n) is 5.07. The Labute approximate surface area is 153 Å². The van der Waals surface area contributed by atoms with E-state index in [4.69, 9.17) is 0 Å². The highest BCUT2D eigenvalue weighted by Crippen LogP contribution is 2.19. The number of hydrogen-bond acceptors (Lipinski definition) is 1. The predicted molar refractivity (Wildman–Crippen MR) is 112 cm³/mol. The molecule has 0 aliphatic rings. The number of allylic oxidation sites excluding steroid dienone is 4. The smallest absolute Gasteiger partial charge is 0.000968 e. The maximum Gasteiger partial charge on any atom is 0.000968 e. The SMILES string of the molecule is C/C=C(\C=C/C(C)CCC)C[C@H](CC)CN(C)CCCCCCC. The number of nitrogens with zero attached hydrogens (tertiary/aromatic N) is 1. The van der Waals surface area contributed by atoms with Crippen LogP contribution in [0.1, 0.15) is 92.4 Å². The Hall–Kier alpha value is -0.560. The molecule has 0 heterocycles. The normalized spacial score (nSPS) is 15.4. The van der Waals surface area contributed by atoms with Gasteiger partial charge in [0.15, 0.2) is 0 Å². The maximum absolute atomic E-state index is 2.55. The van der Waals surface area contributed by atoms with Crippen LogP contribution in [-0.4, -0.2) is 25.0 Å². The first kappa shape index (κ1) is 23.4. The van der Waals surface area contributed by atoms with Crippen molar-refractivity contribution in [2.45, 2.75) is 92.4 Å². The van der Waals surface area contributed by atoms with E-state index in [2.05, 4.69) is 64.8 Å². The quantitative estimate of drug-likeness (QED) is 0.225.